The van der Waals surface area contributed by atoms with E-state index in [1.54, 1.807) is 0 Å². The van der Waals surface area contributed by atoms with Gasteiger partial charge in [0, 0.05) is 27.1 Å². The van der Waals surface area contributed by atoms with Gasteiger partial charge in [0.15, 0.2) is 17.5 Å². The maximum Gasteiger partial charge on any atom is 0.167 e. The Morgan fingerprint density at radius 2 is 1.24 bits per heavy atom. The van der Waals surface area contributed by atoms with E-state index in [0.29, 0.717) is 17.5 Å². The number of allylic oxidation sites excluding steroid dienone is 5. The molecule has 0 amide bonds. The van der Waals surface area contributed by atoms with Gasteiger partial charge in [0.25, 0.3) is 0 Å². The van der Waals surface area contributed by atoms with Crippen LogP contribution in [0, 0.1) is 0 Å². The Kier molecular flexibility index (Phi) is 7.05. The highest BCUT2D eigenvalue weighted by molar-refractivity contribution is 6.12. The van der Waals surface area contributed by atoms with Crippen LogP contribution in [0.2, 0.25) is 0 Å². The fourth-order valence-electron chi connectivity index (χ4n) is 8.21. The van der Waals surface area contributed by atoms with E-state index >= 15 is 0 Å². The average Bonchev–Trinajstić information content (AvgIpc) is 3.82. The van der Waals surface area contributed by atoms with Crippen LogP contribution in [0.5, 0.6) is 0 Å². The monoisotopic (exact) mass is 695 g/mol. The van der Waals surface area contributed by atoms with Crippen molar-refractivity contribution in [1.29, 1.82) is 0 Å². The lowest BCUT2D eigenvalue weighted by Crippen LogP contribution is -2.06. The molecule has 2 aliphatic carbocycles. The van der Waals surface area contributed by atoms with Crippen LogP contribution < -0.4 is 0 Å². The average molecular weight is 696 g/mol. The summed E-state index contributed by atoms with van der Waals surface area (Å²) in [6.07, 6.45) is 12.8. The number of furan rings is 2. The predicted molar refractivity (Wildman–Crippen MR) is 220 cm³/mol. The lowest BCUT2D eigenvalue weighted by molar-refractivity contribution is 0.669. The van der Waals surface area contributed by atoms with E-state index < -0.39 is 0 Å². The molecule has 0 saturated heterocycles. The van der Waals surface area contributed by atoms with Crippen LogP contribution in [0.4, 0.5) is 0 Å². The van der Waals surface area contributed by atoms with E-state index in [0.717, 1.165) is 91.8 Å². The number of nitrogens with zero attached hydrogens (tertiary/aromatic N) is 3. The van der Waals surface area contributed by atoms with E-state index in [9.17, 15) is 0 Å². The van der Waals surface area contributed by atoms with Crippen molar-refractivity contribution in [2.24, 2.45) is 0 Å². The van der Waals surface area contributed by atoms with Crippen molar-refractivity contribution in [3.05, 3.63) is 168 Å². The number of benzene rings is 6. The van der Waals surface area contributed by atoms with Crippen molar-refractivity contribution >= 4 is 61.1 Å². The maximum absolute atomic E-state index is 6.47. The summed E-state index contributed by atoms with van der Waals surface area (Å²) in [7, 11) is 0. The van der Waals surface area contributed by atoms with Gasteiger partial charge in [0.2, 0.25) is 0 Å². The minimum atomic E-state index is 0.601. The van der Waals surface area contributed by atoms with E-state index in [4.69, 9.17) is 23.8 Å². The third kappa shape index (κ3) is 5.12. The van der Waals surface area contributed by atoms with E-state index in [1.165, 1.54) is 27.8 Å². The van der Waals surface area contributed by atoms with Gasteiger partial charge in [-0.2, -0.15) is 0 Å². The largest absolute Gasteiger partial charge is 0.456 e. The Bertz CT molecular complexity index is 3070. The Morgan fingerprint density at radius 1 is 0.500 bits per heavy atom. The molecule has 0 unspecified atom stereocenters. The number of hydrogen-bond acceptors (Lipinski definition) is 5. The zero-order valence-corrected chi connectivity index (χ0v) is 29.4. The van der Waals surface area contributed by atoms with Crippen molar-refractivity contribution in [3.63, 3.8) is 0 Å². The van der Waals surface area contributed by atoms with Gasteiger partial charge in [-0.1, -0.05) is 115 Å². The Balaban J connectivity index is 1.04. The van der Waals surface area contributed by atoms with Crippen LogP contribution in [0.3, 0.4) is 0 Å². The fraction of sp³-hybridized carbons (Fsp3) is 0.0816. The molecule has 9 aromatic rings. The summed E-state index contributed by atoms with van der Waals surface area (Å²) in [5.41, 5.74) is 13.6. The lowest BCUT2D eigenvalue weighted by atomic mass is 9.88. The molecule has 5 heteroatoms. The standard InChI is InChI=1S/C49H33N3O2/c1-2-11-30(12-3-1)31-13-8-14-35(28-31)47-50-48(52-49(51-47)41-19-9-18-39-38-15-4-6-20-42(38)54-46(39)41)36-26-24-32-27-34(25-23-33(32)29-36)37-17-10-22-44-45(37)40-16-5-7-21-43(40)53-44/h2,4-23,25,27-29H,1,3,24,26H2. The zero-order valence-electron chi connectivity index (χ0n) is 29.4. The quantitative estimate of drug-likeness (QED) is 0.179. The van der Waals surface area contributed by atoms with E-state index in [2.05, 4.69) is 121 Å². The third-order valence-electron chi connectivity index (χ3n) is 10.9. The highest BCUT2D eigenvalue weighted by atomic mass is 16.3. The van der Waals surface area contributed by atoms with Crippen LogP contribution in [-0.2, 0) is 6.42 Å². The molecular weight excluding hydrogens is 663 g/mol. The van der Waals surface area contributed by atoms with Gasteiger partial charge in [0.1, 0.15) is 22.3 Å². The van der Waals surface area contributed by atoms with Crippen molar-refractivity contribution in [2.75, 3.05) is 0 Å². The molecule has 54 heavy (non-hydrogen) atoms. The van der Waals surface area contributed by atoms with Crippen LogP contribution in [0.1, 0.15) is 41.8 Å². The minimum Gasteiger partial charge on any atom is -0.456 e. The first kappa shape index (κ1) is 30.7. The van der Waals surface area contributed by atoms with Crippen LogP contribution >= 0.6 is 0 Å². The molecule has 0 saturated carbocycles. The molecule has 0 fully saturated rings. The Labute approximate surface area is 311 Å². The summed E-state index contributed by atoms with van der Waals surface area (Å²) < 4.78 is 12.7. The fourth-order valence-corrected chi connectivity index (χ4v) is 8.21. The van der Waals surface area contributed by atoms with Crippen LogP contribution in [0.15, 0.2) is 154 Å². The number of aromatic nitrogens is 3. The highest BCUT2D eigenvalue weighted by Crippen LogP contribution is 2.40. The van der Waals surface area contributed by atoms with Crippen molar-refractivity contribution in [3.8, 4) is 33.9 Å². The van der Waals surface area contributed by atoms with Gasteiger partial charge in [-0.15, -0.1) is 0 Å². The number of aryl methyl sites for hydroxylation is 1. The molecule has 3 aromatic heterocycles. The Morgan fingerprint density at radius 3 is 2.15 bits per heavy atom. The molecule has 0 N–H and O–H groups in total. The van der Waals surface area contributed by atoms with Gasteiger partial charge in [-0.3, -0.25) is 0 Å². The SMILES string of the molecule is C1=CC(c2cccc(-c3nc(C4=Cc5ccc(-c6cccc7oc8ccccc8c67)cc5CC4)nc(-c4cccc5c4oc4ccccc45)n3)c2)=CCC1. The van der Waals surface area contributed by atoms with Gasteiger partial charge in [0.05, 0.1) is 5.56 Å². The summed E-state index contributed by atoms with van der Waals surface area (Å²) in [5.74, 6) is 1.94. The number of fused-ring (bicyclic) bond motifs is 7. The molecule has 5 nitrogen and oxygen atoms in total. The first-order valence-electron chi connectivity index (χ1n) is 18.6. The smallest absolute Gasteiger partial charge is 0.167 e. The van der Waals surface area contributed by atoms with Gasteiger partial charge < -0.3 is 8.83 Å². The molecule has 0 bridgehead atoms. The summed E-state index contributed by atoms with van der Waals surface area (Å²) in [6.45, 7) is 0. The van der Waals surface area contributed by atoms with E-state index in [1.807, 2.05) is 30.3 Å². The molecule has 6 aromatic carbocycles. The van der Waals surface area contributed by atoms with Crippen LogP contribution in [-0.4, -0.2) is 15.0 Å². The predicted octanol–water partition coefficient (Wildman–Crippen LogP) is 12.9. The second-order valence-corrected chi connectivity index (χ2v) is 14.2. The minimum absolute atomic E-state index is 0.601. The number of hydrogen-bond donors (Lipinski definition) is 0. The molecule has 0 aliphatic heterocycles. The van der Waals surface area contributed by atoms with Gasteiger partial charge in [-0.25, -0.2) is 15.0 Å². The second kappa shape index (κ2) is 12.4. The number of para-hydroxylation sites is 3. The normalized spacial score (nSPS) is 14.1. The van der Waals surface area contributed by atoms with Gasteiger partial charge in [-0.05, 0) is 101 Å². The molecule has 0 atom stereocenters. The molecule has 3 heterocycles. The maximum atomic E-state index is 6.47. The number of rotatable bonds is 5. The first-order chi connectivity index (χ1) is 26.7. The first-order valence-corrected chi connectivity index (χ1v) is 18.6. The molecule has 256 valence electrons. The van der Waals surface area contributed by atoms with Crippen molar-refractivity contribution in [1.82, 2.24) is 15.0 Å². The summed E-state index contributed by atoms with van der Waals surface area (Å²) >= 11 is 0. The van der Waals surface area contributed by atoms with Crippen molar-refractivity contribution in [2.45, 2.75) is 25.7 Å². The summed E-state index contributed by atoms with van der Waals surface area (Å²) in [4.78, 5) is 15.5. The zero-order chi connectivity index (χ0) is 35.6. The summed E-state index contributed by atoms with van der Waals surface area (Å²) in [5, 5.41) is 4.42. The third-order valence-corrected chi connectivity index (χ3v) is 10.9. The topological polar surface area (TPSA) is 65.0 Å². The van der Waals surface area contributed by atoms with Crippen molar-refractivity contribution < 1.29 is 8.83 Å². The highest BCUT2D eigenvalue weighted by Gasteiger charge is 2.21. The molecule has 2 aliphatic rings. The molecule has 11 rings (SSSR count). The second-order valence-electron chi connectivity index (χ2n) is 14.2. The lowest BCUT2D eigenvalue weighted by Gasteiger charge is -2.18. The van der Waals surface area contributed by atoms with Gasteiger partial charge >= 0.3 is 0 Å². The molecule has 0 spiro atoms. The molecule has 0 radical (unpaired) electrons. The molecular formula is C49H33N3O2. The van der Waals surface area contributed by atoms with E-state index in [-0.39, 0.29) is 0 Å². The Hall–Kier alpha value is -6.85. The van der Waals surface area contributed by atoms with Crippen LogP contribution in [0.25, 0.3) is 95.0 Å². The summed E-state index contributed by atoms with van der Waals surface area (Å²) in [6, 6.07) is 44.3.